The summed E-state index contributed by atoms with van der Waals surface area (Å²) < 4.78 is 61.6. The summed E-state index contributed by atoms with van der Waals surface area (Å²) >= 11 is 0. The molecule has 0 aliphatic heterocycles. The molecule has 1 rings (SSSR count). The topological polar surface area (TPSA) is 80.3 Å². The zero-order chi connectivity index (χ0) is 16.3. The largest absolute Gasteiger partial charge is 0.332 e. The van der Waals surface area contributed by atoms with Gasteiger partial charge < -0.3 is 0 Å². The molecule has 0 aromatic heterocycles. The highest BCUT2D eigenvalue weighted by atomic mass is 32.3. The molecule has 0 fully saturated rings. The van der Waals surface area contributed by atoms with Crippen molar-refractivity contribution in [3.8, 4) is 0 Å². The average Bonchev–Trinajstić information content (AvgIpc) is 2.44. The molecule has 0 radical (unpaired) electrons. The molecule has 0 heterocycles. The van der Waals surface area contributed by atoms with Gasteiger partial charge in [-0.3, -0.25) is 0 Å². The third kappa shape index (κ3) is 4.24. The van der Waals surface area contributed by atoms with Crippen molar-refractivity contribution in [2.24, 2.45) is 0 Å². The van der Waals surface area contributed by atoms with Gasteiger partial charge >= 0.3 is 10.2 Å². The van der Waals surface area contributed by atoms with Crippen LogP contribution in [0, 0.1) is 0 Å². The molecule has 8 heteroatoms. The lowest BCUT2D eigenvalue weighted by atomic mass is 9.91. The van der Waals surface area contributed by atoms with Crippen LogP contribution in [0.3, 0.4) is 0 Å². The Morgan fingerprint density at radius 1 is 0.905 bits per heavy atom. The van der Waals surface area contributed by atoms with Crippen LogP contribution in [-0.4, -0.2) is 22.4 Å². The molecule has 0 amide bonds. The van der Waals surface area contributed by atoms with Crippen LogP contribution in [0.5, 0.6) is 0 Å². The van der Waals surface area contributed by atoms with E-state index in [0.29, 0.717) is 19.3 Å². The molecular formula is C13H20FNO4S2. The fourth-order valence-corrected chi connectivity index (χ4v) is 4.17. The van der Waals surface area contributed by atoms with E-state index in [1.165, 1.54) is 0 Å². The van der Waals surface area contributed by atoms with Gasteiger partial charge in [0.15, 0.2) is 0 Å². The third-order valence-corrected chi connectivity index (χ3v) is 6.23. The maximum absolute atomic E-state index is 12.8. The van der Waals surface area contributed by atoms with Gasteiger partial charge in [-0.2, -0.15) is 8.42 Å². The summed E-state index contributed by atoms with van der Waals surface area (Å²) in [5, 5.41) is 0. The first-order valence-electron chi connectivity index (χ1n) is 6.69. The van der Waals surface area contributed by atoms with Crippen LogP contribution in [0.2, 0.25) is 0 Å². The van der Waals surface area contributed by atoms with E-state index in [2.05, 4.69) is 4.72 Å². The molecule has 5 nitrogen and oxygen atoms in total. The maximum Gasteiger partial charge on any atom is 0.332 e. The monoisotopic (exact) mass is 337 g/mol. The van der Waals surface area contributed by atoms with E-state index in [9.17, 15) is 20.7 Å². The second-order valence-electron chi connectivity index (χ2n) is 4.86. The quantitative estimate of drug-likeness (QED) is 0.776. The summed E-state index contributed by atoms with van der Waals surface area (Å²) in [7, 11) is -8.61. The molecular weight excluding hydrogens is 317 g/mol. The van der Waals surface area contributed by atoms with E-state index in [0.717, 1.165) is 24.3 Å². The lowest BCUT2D eigenvalue weighted by Crippen LogP contribution is -2.46. The maximum atomic E-state index is 12.8. The Hall–Kier alpha value is -0.990. The number of benzene rings is 1. The van der Waals surface area contributed by atoms with Crippen molar-refractivity contribution >= 4 is 20.2 Å². The van der Waals surface area contributed by atoms with Crippen LogP contribution < -0.4 is 4.72 Å². The van der Waals surface area contributed by atoms with E-state index in [1.807, 2.05) is 20.8 Å². The van der Waals surface area contributed by atoms with Crippen molar-refractivity contribution in [2.45, 2.75) is 55.4 Å². The summed E-state index contributed by atoms with van der Waals surface area (Å²) in [5.74, 6) is 0. The normalized spacial score (nSPS) is 13.3. The van der Waals surface area contributed by atoms with Crippen molar-refractivity contribution in [2.75, 3.05) is 0 Å². The molecule has 0 aliphatic carbocycles. The Bertz CT molecular complexity index is 669. The first-order valence-corrected chi connectivity index (χ1v) is 9.55. The summed E-state index contributed by atoms with van der Waals surface area (Å²) in [6.07, 6.45) is 1.91. The second-order valence-corrected chi connectivity index (χ2v) is 7.89. The predicted octanol–water partition coefficient (Wildman–Crippen LogP) is 2.59. The van der Waals surface area contributed by atoms with Crippen molar-refractivity contribution in [1.82, 2.24) is 4.72 Å². The molecule has 0 spiro atoms. The van der Waals surface area contributed by atoms with Crippen LogP contribution in [0.1, 0.15) is 40.0 Å². The van der Waals surface area contributed by atoms with Crippen LogP contribution >= 0.6 is 0 Å². The number of rotatable bonds is 7. The zero-order valence-corrected chi connectivity index (χ0v) is 13.9. The number of hydrogen-bond acceptors (Lipinski definition) is 4. The van der Waals surface area contributed by atoms with Gasteiger partial charge in [-0.25, -0.2) is 13.1 Å². The van der Waals surface area contributed by atoms with E-state index >= 15 is 0 Å². The van der Waals surface area contributed by atoms with Crippen molar-refractivity contribution in [3.05, 3.63) is 24.3 Å². The minimum Gasteiger partial charge on any atom is -0.207 e. The van der Waals surface area contributed by atoms with Crippen LogP contribution in [0.25, 0.3) is 0 Å². The lowest BCUT2D eigenvalue weighted by Gasteiger charge is -2.31. The Morgan fingerprint density at radius 3 is 1.62 bits per heavy atom. The second kappa shape index (κ2) is 6.41. The molecule has 120 valence electrons. The van der Waals surface area contributed by atoms with Gasteiger partial charge in [-0.15, -0.1) is 3.89 Å². The van der Waals surface area contributed by atoms with E-state index in [1.54, 1.807) is 0 Å². The Balaban J connectivity index is 3.14. The van der Waals surface area contributed by atoms with Crippen molar-refractivity contribution in [1.29, 1.82) is 0 Å². The Morgan fingerprint density at radius 2 is 1.29 bits per heavy atom. The number of nitrogens with one attached hydrogen (secondary N) is 1. The van der Waals surface area contributed by atoms with Gasteiger partial charge in [-0.05, 0) is 43.5 Å². The molecule has 0 saturated heterocycles. The minimum atomic E-state index is -4.83. The standard InChI is InChI=1S/C13H20FNO4S2/c1-4-13(5-2,6-3)15-21(18,19)12-9-7-11(8-10-12)20(14,16)17/h7-10,15H,4-6H2,1-3H3. The molecule has 1 aromatic carbocycles. The SMILES string of the molecule is CCC(CC)(CC)NS(=O)(=O)c1ccc(S(=O)(=O)F)cc1. The van der Waals surface area contributed by atoms with Gasteiger partial charge in [0.1, 0.15) is 0 Å². The summed E-state index contributed by atoms with van der Waals surface area (Å²) in [6.45, 7) is 5.69. The van der Waals surface area contributed by atoms with Crippen LogP contribution in [-0.2, 0) is 20.2 Å². The molecule has 0 saturated carbocycles. The average molecular weight is 337 g/mol. The van der Waals surface area contributed by atoms with Crippen LogP contribution in [0.15, 0.2) is 34.1 Å². The summed E-state index contributed by atoms with van der Waals surface area (Å²) in [6, 6.07) is 4.05. The van der Waals surface area contributed by atoms with Gasteiger partial charge in [0.25, 0.3) is 0 Å². The first kappa shape index (κ1) is 18.1. The van der Waals surface area contributed by atoms with E-state index < -0.39 is 30.7 Å². The van der Waals surface area contributed by atoms with Gasteiger partial charge in [0.05, 0.1) is 9.79 Å². The molecule has 0 bridgehead atoms. The Kier molecular flexibility index (Phi) is 5.51. The number of halogens is 1. The molecule has 1 N–H and O–H groups in total. The minimum absolute atomic E-state index is 0.0883. The number of sulfonamides is 1. The van der Waals surface area contributed by atoms with E-state index in [-0.39, 0.29) is 4.90 Å². The molecule has 0 unspecified atom stereocenters. The Labute approximate surface area is 125 Å². The highest BCUT2D eigenvalue weighted by Gasteiger charge is 2.30. The van der Waals surface area contributed by atoms with Crippen molar-refractivity contribution < 1.29 is 20.7 Å². The van der Waals surface area contributed by atoms with Crippen molar-refractivity contribution in [3.63, 3.8) is 0 Å². The fraction of sp³-hybridized carbons (Fsp3) is 0.538. The zero-order valence-electron chi connectivity index (χ0n) is 12.3. The summed E-state index contributed by atoms with van der Waals surface area (Å²) in [5.41, 5.74) is -0.538. The van der Waals surface area contributed by atoms with Gasteiger partial charge in [-0.1, -0.05) is 20.8 Å². The first-order chi connectivity index (χ1) is 9.60. The summed E-state index contributed by atoms with van der Waals surface area (Å²) in [4.78, 5) is -0.649. The van der Waals surface area contributed by atoms with Gasteiger partial charge in [0.2, 0.25) is 10.0 Å². The fourth-order valence-electron chi connectivity index (χ4n) is 2.09. The lowest BCUT2D eigenvalue weighted by molar-refractivity contribution is 0.341. The smallest absolute Gasteiger partial charge is 0.207 e. The molecule has 0 aliphatic rings. The predicted molar refractivity (Wildman–Crippen MR) is 78.7 cm³/mol. The van der Waals surface area contributed by atoms with Gasteiger partial charge in [0, 0.05) is 5.54 Å². The highest BCUT2D eigenvalue weighted by Crippen LogP contribution is 2.23. The number of hydrogen-bond donors (Lipinski definition) is 1. The van der Waals surface area contributed by atoms with E-state index in [4.69, 9.17) is 0 Å². The third-order valence-electron chi connectivity index (χ3n) is 3.80. The molecule has 21 heavy (non-hydrogen) atoms. The van der Waals surface area contributed by atoms with Crippen LogP contribution in [0.4, 0.5) is 3.89 Å². The molecule has 0 atom stereocenters. The highest BCUT2D eigenvalue weighted by molar-refractivity contribution is 7.89. The molecule has 1 aromatic rings.